The minimum atomic E-state index is -0.723. The normalized spacial score (nSPS) is 24.8. The van der Waals surface area contributed by atoms with Crippen LogP contribution in [0.1, 0.15) is 25.0 Å². The summed E-state index contributed by atoms with van der Waals surface area (Å²) >= 11 is 0. The van der Waals surface area contributed by atoms with E-state index in [0.717, 1.165) is 25.2 Å². The van der Waals surface area contributed by atoms with E-state index < -0.39 is 5.97 Å². The van der Waals surface area contributed by atoms with Crippen LogP contribution in [0.2, 0.25) is 0 Å². The molecule has 2 N–H and O–H groups in total. The molecule has 1 aliphatic heterocycles. The highest BCUT2D eigenvalue weighted by molar-refractivity contribution is 5.72. The maximum absolute atomic E-state index is 11.1. The van der Waals surface area contributed by atoms with Crippen LogP contribution in [0.5, 0.6) is 0 Å². The summed E-state index contributed by atoms with van der Waals surface area (Å²) in [5.74, 6) is -1.00. The smallest absolute Gasteiger partial charge is 0.308 e. The molecule has 0 saturated carbocycles. The summed E-state index contributed by atoms with van der Waals surface area (Å²) in [4.78, 5) is 15.2. The number of aromatic nitrogens is 2. The molecule has 2 unspecified atom stereocenters. The molecule has 16 heavy (non-hydrogen) atoms. The van der Waals surface area contributed by atoms with Crippen molar-refractivity contribution in [1.29, 1.82) is 0 Å². The predicted molar refractivity (Wildman–Crippen MR) is 59.3 cm³/mol. The number of nitrogens with one attached hydrogen (secondary N) is 1. The van der Waals surface area contributed by atoms with Crippen molar-refractivity contribution in [3.63, 3.8) is 0 Å². The molecule has 0 spiro atoms. The third-order valence-corrected chi connectivity index (χ3v) is 3.12. The number of rotatable bonds is 4. The van der Waals surface area contributed by atoms with E-state index in [0.29, 0.717) is 6.54 Å². The van der Waals surface area contributed by atoms with Gasteiger partial charge in [-0.25, -0.2) is 4.98 Å². The maximum atomic E-state index is 11.1. The molecule has 1 aromatic rings. The standard InChI is InChI=1S/C11H17N3O2/c1-2-3-14-7-13-6-10(14)8-4-12-5-9(8)11(15)16/h6-9,12H,2-5H2,1H3,(H,15,16). The Morgan fingerprint density at radius 1 is 1.69 bits per heavy atom. The summed E-state index contributed by atoms with van der Waals surface area (Å²) in [5, 5.41) is 12.3. The third-order valence-electron chi connectivity index (χ3n) is 3.12. The lowest BCUT2D eigenvalue weighted by molar-refractivity contribution is -0.141. The maximum Gasteiger partial charge on any atom is 0.308 e. The van der Waals surface area contributed by atoms with Gasteiger partial charge in [0.25, 0.3) is 0 Å². The van der Waals surface area contributed by atoms with Gasteiger partial charge in [-0.15, -0.1) is 0 Å². The minimum Gasteiger partial charge on any atom is -0.481 e. The molecule has 2 heterocycles. The fourth-order valence-electron chi connectivity index (χ4n) is 2.32. The number of hydrogen-bond donors (Lipinski definition) is 2. The van der Waals surface area contributed by atoms with Gasteiger partial charge in [0.2, 0.25) is 0 Å². The molecule has 0 aliphatic carbocycles. The second-order valence-electron chi connectivity index (χ2n) is 4.22. The van der Waals surface area contributed by atoms with Gasteiger partial charge in [0.1, 0.15) is 0 Å². The van der Waals surface area contributed by atoms with Crippen molar-refractivity contribution in [3.05, 3.63) is 18.2 Å². The van der Waals surface area contributed by atoms with Crippen LogP contribution < -0.4 is 5.32 Å². The van der Waals surface area contributed by atoms with Gasteiger partial charge in [-0.05, 0) is 6.42 Å². The van der Waals surface area contributed by atoms with Gasteiger partial charge in [0.05, 0.1) is 12.2 Å². The molecule has 2 atom stereocenters. The first-order chi connectivity index (χ1) is 7.74. The van der Waals surface area contributed by atoms with Crippen molar-refractivity contribution in [2.75, 3.05) is 13.1 Å². The van der Waals surface area contributed by atoms with Crippen molar-refractivity contribution >= 4 is 5.97 Å². The predicted octanol–water partition coefficient (Wildman–Crippen LogP) is 0.681. The molecular weight excluding hydrogens is 206 g/mol. The molecule has 1 fully saturated rings. The van der Waals surface area contributed by atoms with Crippen LogP contribution in [0, 0.1) is 5.92 Å². The molecule has 5 heteroatoms. The number of nitrogens with zero attached hydrogens (tertiary/aromatic N) is 2. The third kappa shape index (κ3) is 1.95. The highest BCUT2D eigenvalue weighted by atomic mass is 16.4. The minimum absolute atomic E-state index is 0.0477. The molecule has 0 amide bonds. The summed E-state index contributed by atoms with van der Waals surface area (Å²) in [5.41, 5.74) is 1.04. The van der Waals surface area contributed by atoms with Gasteiger partial charge < -0.3 is 15.0 Å². The second-order valence-corrected chi connectivity index (χ2v) is 4.22. The average Bonchev–Trinajstić information content (AvgIpc) is 2.83. The molecule has 1 aliphatic rings. The van der Waals surface area contributed by atoms with Crippen molar-refractivity contribution in [2.24, 2.45) is 5.92 Å². The highest BCUT2D eigenvalue weighted by Gasteiger charge is 2.35. The number of carboxylic acid groups (broad SMARTS) is 1. The van der Waals surface area contributed by atoms with E-state index in [9.17, 15) is 4.79 Å². The van der Waals surface area contributed by atoms with E-state index in [1.165, 1.54) is 0 Å². The Morgan fingerprint density at radius 3 is 3.19 bits per heavy atom. The average molecular weight is 223 g/mol. The molecule has 0 bridgehead atoms. The Bertz CT molecular complexity index is 375. The zero-order chi connectivity index (χ0) is 11.5. The lowest BCUT2D eigenvalue weighted by Gasteiger charge is -2.16. The first kappa shape index (κ1) is 11.1. The summed E-state index contributed by atoms with van der Waals surface area (Å²) in [6, 6.07) is 0. The van der Waals surface area contributed by atoms with Crippen molar-refractivity contribution in [2.45, 2.75) is 25.8 Å². The van der Waals surface area contributed by atoms with Crippen LogP contribution in [0.4, 0.5) is 0 Å². The van der Waals surface area contributed by atoms with Crippen molar-refractivity contribution in [3.8, 4) is 0 Å². The van der Waals surface area contributed by atoms with Crippen LogP contribution in [-0.4, -0.2) is 33.7 Å². The van der Waals surface area contributed by atoms with Gasteiger partial charge in [0, 0.05) is 37.4 Å². The number of carbonyl (C=O) groups is 1. The first-order valence-corrected chi connectivity index (χ1v) is 5.67. The number of hydrogen-bond acceptors (Lipinski definition) is 3. The first-order valence-electron chi connectivity index (χ1n) is 5.67. The van der Waals surface area contributed by atoms with E-state index in [2.05, 4.69) is 21.8 Å². The van der Waals surface area contributed by atoms with Gasteiger partial charge in [-0.2, -0.15) is 0 Å². The molecule has 0 aromatic carbocycles. The van der Waals surface area contributed by atoms with Crippen LogP contribution >= 0.6 is 0 Å². The van der Waals surface area contributed by atoms with E-state index >= 15 is 0 Å². The zero-order valence-electron chi connectivity index (χ0n) is 9.39. The SMILES string of the molecule is CCCn1cncc1C1CNCC1C(=O)O. The molecule has 0 radical (unpaired) electrons. The Balaban J connectivity index is 2.22. The summed E-state index contributed by atoms with van der Waals surface area (Å²) < 4.78 is 2.06. The summed E-state index contributed by atoms with van der Waals surface area (Å²) in [6.45, 7) is 4.28. The number of imidazole rings is 1. The van der Waals surface area contributed by atoms with E-state index in [-0.39, 0.29) is 11.8 Å². The van der Waals surface area contributed by atoms with Crippen LogP contribution in [0.3, 0.4) is 0 Å². The van der Waals surface area contributed by atoms with E-state index in [4.69, 9.17) is 5.11 Å². The quantitative estimate of drug-likeness (QED) is 0.787. The zero-order valence-corrected chi connectivity index (χ0v) is 9.39. The number of aryl methyl sites for hydroxylation is 1. The molecule has 1 saturated heterocycles. The largest absolute Gasteiger partial charge is 0.481 e. The van der Waals surface area contributed by atoms with Crippen molar-refractivity contribution in [1.82, 2.24) is 14.9 Å². The summed E-state index contributed by atoms with van der Waals surface area (Å²) in [7, 11) is 0. The second kappa shape index (κ2) is 4.65. The fraction of sp³-hybridized carbons (Fsp3) is 0.636. The molecule has 5 nitrogen and oxygen atoms in total. The lowest BCUT2D eigenvalue weighted by atomic mass is 9.93. The van der Waals surface area contributed by atoms with E-state index in [1.54, 1.807) is 12.5 Å². The van der Waals surface area contributed by atoms with Gasteiger partial charge in [0.15, 0.2) is 0 Å². The Morgan fingerprint density at radius 2 is 2.50 bits per heavy atom. The monoisotopic (exact) mass is 223 g/mol. The number of aliphatic carboxylic acids is 1. The molecule has 88 valence electrons. The fourth-order valence-corrected chi connectivity index (χ4v) is 2.32. The van der Waals surface area contributed by atoms with Crippen LogP contribution in [0.15, 0.2) is 12.5 Å². The lowest BCUT2D eigenvalue weighted by Crippen LogP contribution is -2.22. The highest BCUT2D eigenvalue weighted by Crippen LogP contribution is 2.28. The summed E-state index contributed by atoms with van der Waals surface area (Å²) in [6.07, 6.45) is 4.61. The number of carboxylic acids is 1. The van der Waals surface area contributed by atoms with Crippen LogP contribution in [-0.2, 0) is 11.3 Å². The van der Waals surface area contributed by atoms with E-state index in [1.807, 2.05) is 0 Å². The van der Waals surface area contributed by atoms with Gasteiger partial charge in [-0.1, -0.05) is 6.92 Å². The topological polar surface area (TPSA) is 67.2 Å². The van der Waals surface area contributed by atoms with Crippen LogP contribution in [0.25, 0.3) is 0 Å². The molecular formula is C11H17N3O2. The van der Waals surface area contributed by atoms with Gasteiger partial charge >= 0.3 is 5.97 Å². The Labute approximate surface area is 94.5 Å². The Kier molecular flexibility index (Phi) is 3.24. The molecule has 2 rings (SSSR count). The van der Waals surface area contributed by atoms with Gasteiger partial charge in [-0.3, -0.25) is 4.79 Å². The Hall–Kier alpha value is -1.36. The molecule has 1 aromatic heterocycles. The van der Waals surface area contributed by atoms with Crippen molar-refractivity contribution < 1.29 is 9.90 Å².